The first-order valence-electron chi connectivity index (χ1n) is 3.32. The van der Waals surface area contributed by atoms with Gasteiger partial charge in [-0.25, -0.2) is 0 Å². The van der Waals surface area contributed by atoms with Crippen molar-refractivity contribution >= 4 is 23.7 Å². The van der Waals surface area contributed by atoms with Gasteiger partial charge in [-0.3, -0.25) is 13.8 Å². The number of rotatable bonds is 3. The Morgan fingerprint density at radius 1 is 1.15 bits per heavy atom. The highest BCUT2D eigenvalue weighted by Gasteiger charge is 2.01. The maximum atomic E-state index is 10.5. The molecule has 0 amide bonds. The van der Waals surface area contributed by atoms with Gasteiger partial charge < -0.3 is 4.55 Å². The summed E-state index contributed by atoms with van der Waals surface area (Å²) in [4.78, 5) is 20.7. The summed E-state index contributed by atoms with van der Waals surface area (Å²) in [6, 6.07) is 3.71. The van der Waals surface area contributed by atoms with Crippen LogP contribution in [0.5, 0.6) is 0 Å². The molecule has 0 aliphatic heterocycles. The van der Waals surface area contributed by atoms with E-state index in [2.05, 4.69) is 0 Å². The van der Waals surface area contributed by atoms with Gasteiger partial charge in [0.1, 0.15) is 0 Å². The van der Waals surface area contributed by atoms with Gasteiger partial charge in [-0.05, 0) is 29.3 Å². The molecule has 0 fully saturated rings. The van der Waals surface area contributed by atoms with Crippen molar-refractivity contribution in [2.75, 3.05) is 0 Å². The number of carbonyl (C=O) groups excluding carboxylic acids is 2. The predicted octanol–water partition coefficient (Wildman–Crippen LogP) is 0.550. The van der Waals surface area contributed by atoms with Gasteiger partial charge in [-0.2, -0.15) is 0 Å². The van der Waals surface area contributed by atoms with E-state index < -0.39 is 11.1 Å². The molecule has 0 aliphatic rings. The first-order chi connectivity index (χ1) is 6.19. The fourth-order valence-corrected chi connectivity index (χ4v) is 1.27. The lowest BCUT2D eigenvalue weighted by atomic mass is 10.1. The molecule has 0 N–H and O–H groups in total. The number of aldehydes is 2. The molecular weight excluding hydrogens is 192 g/mol. The molecule has 0 spiro atoms. The van der Waals surface area contributed by atoms with Gasteiger partial charge in [-0.1, -0.05) is 0 Å². The smallest absolute Gasteiger partial charge is 0.150 e. The molecule has 1 aromatic rings. The highest BCUT2D eigenvalue weighted by atomic mass is 32.2. The molecule has 68 valence electrons. The summed E-state index contributed by atoms with van der Waals surface area (Å²) in [5.41, 5.74) is 0.265. The number of hydrogen-bond donors (Lipinski definition) is 0. The zero-order valence-electron chi connectivity index (χ0n) is 6.43. The molecule has 0 saturated heterocycles. The van der Waals surface area contributed by atoms with E-state index in [1.807, 2.05) is 0 Å². The Morgan fingerprint density at radius 2 is 1.77 bits per heavy atom. The molecule has 0 radical (unpaired) electrons. The van der Waals surface area contributed by atoms with Crippen molar-refractivity contribution in [3.8, 4) is 0 Å². The second-order valence-corrected chi connectivity index (χ2v) is 3.20. The molecule has 0 bridgehead atoms. The zero-order chi connectivity index (χ0) is 9.84. The third-order valence-electron chi connectivity index (χ3n) is 1.50. The van der Waals surface area contributed by atoms with Gasteiger partial charge in [-0.15, -0.1) is 0 Å². The molecule has 1 atom stereocenters. The molecule has 5 heteroatoms. The van der Waals surface area contributed by atoms with Gasteiger partial charge >= 0.3 is 0 Å². The van der Waals surface area contributed by atoms with E-state index in [9.17, 15) is 18.4 Å². The van der Waals surface area contributed by atoms with Gasteiger partial charge in [0, 0.05) is 16.0 Å². The lowest BCUT2D eigenvalue weighted by molar-refractivity contribution is 0.109. The molecule has 13 heavy (non-hydrogen) atoms. The van der Waals surface area contributed by atoms with Crippen molar-refractivity contribution < 1.29 is 18.4 Å². The summed E-state index contributed by atoms with van der Waals surface area (Å²) in [6.45, 7) is 0. The molecule has 0 aliphatic carbocycles. The summed E-state index contributed by atoms with van der Waals surface area (Å²) < 4.78 is 20.9. The number of carbonyl (C=O) groups is 2. The van der Waals surface area contributed by atoms with E-state index in [4.69, 9.17) is 0 Å². The Kier molecular flexibility index (Phi) is 3.05. The SMILES string of the molecule is O=Cc1ccc(S(=O)[O-])cc1C=O. The van der Waals surface area contributed by atoms with Crippen LogP contribution in [-0.4, -0.2) is 21.3 Å². The Labute approximate surface area is 76.9 Å². The lowest BCUT2D eigenvalue weighted by Crippen LogP contribution is -1.95. The molecule has 4 nitrogen and oxygen atoms in total. The van der Waals surface area contributed by atoms with Crippen molar-refractivity contribution in [1.82, 2.24) is 0 Å². The summed E-state index contributed by atoms with van der Waals surface area (Å²) in [7, 11) is 0. The largest absolute Gasteiger partial charge is 0.768 e. The van der Waals surface area contributed by atoms with Crippen LogP contribution in [0.15, 0.2) is 23.1 Å². The molecule has 1 rings (SSSR count). The highest BCUT2D eigenvalue weighted by molar-refractivity contribution is 7.79. The first kappa shape index (κ1) is 9.76. The maximum Gasteiger partial charge on any atom is 0.150 e. The second-order valence-electron chi connectivity index (χ2n) is 2.26. The second kappa shape index (κ2) is 4.06. The monoisotopic (exact) mass is 197 g/mol. The molecule has 1 aromatic carbocycles. The molecule has 0 heterocycles. The number of hydrogen-bond acceptors (Lipinski definition) is 4. The van der Waals surface area contributed by atoms with E-state index in [0.29, 0.717) is 12.6 Å². The van der Waals surface area contributed by atoms with Crippen LogP contribution in [0, 0.1) is 0 Å². The topological polar surface area (TPSA) is 74.3 Å². The van der Waals surface area contributed by atoms with Gasteiger partial charge in [0.15, 0.2) is 12.6 Å². The normalized spacial score (nSPS) is 12.1. The van der Waals surface area contributed by atoms with Gasteiger partial charge in [0.25, 0.3) is 0 Å². The van der Waals surface area contributed by atoms with Crippen molar-refractivity contribution in [3.05, 3.63) is 29.3 Å². The summed E-state index contributed by atoms with van der Waals surface area (Å²) >= 11 is -2.38. The Morgan fingerprint density at radius 3 is 2.23 bits per heavy atom. The summed E-state index contributed by atoms with van der Waals surface area (Å²) in [5.74, 6) is 0. The van der Waals surface area contributed by atoms with Crippen LogP contribution in [0.25, 0.3) is 0 Å². The minimum absolute atomic E-state index is 0.00676. The maximum absolute atomic E-state index is 10.5. The van der Waals surface area contributed by atoms with E-state index in [1.165, 1.54) is 12.1 Å². The zero-order valence-corrected chi connectivity index (χ0v) is 7.24. The average molecular weight is 197 g/mol. The van der Waals surface area contributed by atoms with E-state index >= 15 is 0 Å². The molecule has 1 unspecified atom stereocenters. The molecular formula is C8H5O4S-. The highest BCUT2D eigenvalue weighted by Crippen LogP contribution is 2.10. The predicted molar refractivity (Wildman–Crippen MR) is 44.4 cm³/mol. The van der Waals surface area contributed by atoms with Crippen LogP contribution in [0.1, 0.15) is 20.7 Å². The van der Waals surface area contributed by atoms with Crippen LogP contribution < -0.4 is 0 Å². The first-order valence-corrected chi connectivity index (χ1v) is 4.40. The number of benzene rings is 1. The summed E-state index contributed by atoms with van der Waals surface area (Å²) in [6.07, 6.45) is 0.946. The van der Waals surface area contributed by atoms with E-state index in [-0.39, 0.29) is 16.0 Å². The van der Waals surface area contributed by atoms with E-state index in [1.54, 1.807) is 0 Å². The minimum Gasteiger partial charge on any atom is -0.768 e. The summed E-state index contributed by atoms with van der Waals surface area (Å²) in [5, 5.41) is 0. The van der Waals surface area contributed by atoms with Crippen molar-refractivity contribution in [3.63, 3.8) is 0 Å². The Bertz CT molecular complexity index is 372. The molecule has 0 aromatic heterocycles. The third kappa shape index (κ3) is 2.07. The standard InChI is InChI=1S/C8H6O4S/c9-4-6-1-2-8(13(11)12)3-7(6)5-10/h1-5H,(H,11,12)/p-1. The van der Waals surface area contributed by atoms with Crippen LogP contribution in [-0.2, 0) is 11.1 Å². The lowest BCUT2D eigenvalue weighted by Gasteiger charge is -2.05. The van der Waals surface area contributed by atoms with Crippen molar-refractivity contribution in [1.29, 1.82) is 0 Å². The van der Waals surface area contributed by atoms with Crippen LogP contribution >= 0.6 is 0 Å². The van der Waals surface area contributed by atoms with Crippen LogP contribution in [0.4, 0.5) is 0 Å². The fraction of sp³-hybridized carbons (Fsp3) is 0. The Hall–Kier alpha value is -1.33. The van der Waals surface area contributed by atoms with Crippen molar-refractivity contribution in [2.24, 2.45) is 0 Å². The minimum atomic E-state index is -2.38. The van der Waals surface area contributed by atoms with E-state index in [0.717, 1.165) is 6.07 Å². The Balaban J connectivity index is 3.28. The van der Waals surface area contributed by atoms with Crippen LogP contribution in [0.2, 0.25) is 0 Å². The van der Waals surface area contributed by atoms with Gasteiger partial charge in [0.2, 0.25) is 0 Å². The fourth-order valence-electron chi connectivity index (χ4n) is 0.866. The van der Waals surface area contributed by atoms with Gasteiger partial charge in [0.05, 0.1) is 0 Å². The quantitative estimate of drug-likeness (QED) is 0.523. The van der Waals surface area contributed by atoms with Crippen LogP contribution in [0.3, 0.4) is 0 Å². The molecule has 0 saturated carbocycles. The van der Waals surface area contributed by atoms with Crippen molar-refractivity contribution in [2.45, 2.75) is 4.90 Å². The average Bonchev–Trinajstić information content (AvgIpc) is 2.16. The third-order valence-corrected chi connectivity index (χ3v) is 2.14.